The molecule has 3 aliphatic rings. The third-order valence-electron chi connectivity index (χ3n) is 6.98. The summed E-state index contributed by atoms with van der Waals surface area (Å²) in [5.74, 6) is 2.50. The van der Waals surface area contributed by atoms with Gasteiger partial charge in [0.25, 0.3) is 5.91 Å². The van der Waals surface area contributed by atoms with Crippen LogP contribution in [0, 0.1) is 12.8 Å². The quantitative estimate of drug-likeness (QED) is 0.866. The van der Waals surface area contributed by atoms with Crippen LogP contribution in [0.1, 0.15) is 72.0 Å². The lowest BCUT2D eigenvalue weighted by Crippen LogP contribution is -2.38. The van der Waals surface area contributed by atoms with E-state index in [1.165, 1.54) is 30.4 Å². The number of hydrogen-bond acceptors (Lipinski definition) is 4. The van der Waals surface area contributed by atoms with Crippen LogP contribution >= 0.6 is 0 Å². The molecule has 6 nitrogen and oxygen atoms in total. The molecule has 3 heterocycles. The van der Waals surface area contributed by atoms with E-state index < -0.39 is 0 Å². The highest BCUT2D eigenvalue weighted by Gasteiger charge is 2.40. The zero-order valence-electron chi connectivity index (χ0n) is 17.3. The number of nitrogens with zero attached hydrogens (tertiary/aromatic N) is 4. The fraction of sp³-hybridized carbons (Fsp3) is 0.609. The van der Waals surface area contributed by atoms with Gasteiger partial charge >= 0.3 is 0 Å². The molecule has 2 aliphatic heterocycles. The number of hydrogen-bond donors (Lipinski definition) is 1. The van der Waals surface area contributed by atoms with Gasteiger partial charge in [0.05, 0.1) is 0 Å². The van der Waals surface area contributed by atoms with E-state index in [9.17, 15) is 4.79 Å². The van der Waals surface area contributed by atoms with Gasteiger partial charge < -0.3 is 9.88 Å². The van der Waals surface area contributed by atoms with Crippen LogP contribution in [-0.2, 0) is 13.1 Å². The Hall–Kier alpha value is -2.21. The molecule has 6 heteroatoms. The van der Waals surface area contributed by atoms with E-state index in [1.54, 1.807) is 0 Å². The zero-order chi connectivity index (χ0) is 19.8. The number of fused-ring (bicyclic) bond motifs is 3. The molecule has 2 fully saturated rings. The van der Waals surface area contributed by atoms with Gasteiger partial charge in [0, 0.05) is 38.1 Å². The Balaban J connectivity index is 1.28. The summed E-state index contributed by atoms with van der Waals surface area (Å²) in [7, 11) is 0. The molecule has 0 spiro atoms. The number of benzene rings is 1. The van der Waals surface area contributed by atoms with Gasteiger partial charge in [-0.3, -0.25) is 9.69 Å². The minimum absolute atomic E-state index is 0.0382. The first-order valence-electron chi connectivity index (χ1n) is 11.2. The molecule has 0 radical (unpaired) electrons. The molecule has 1 aromatic heterocycles. The van der Waals surface area contributed by atoms with Crippen LogP contribution in [0.15, 0.2) is 24.3 Å². The third kappa shape index (κ3) is 3.82. The predicted octanol–water partition coefficient (Wildman–Crippen LogP) is 3.27. The predicted molar refractivity (Wildman–Crippen MR) is 112 cm³/mol. The number of amides is 1. The molecule has 0 unspecified atom stereocenters. The van der Waals surface area contributed by atoms with Crippen LogP contribution < -0.4 is 5.32 Å². The van der Waals surface area contributed by atoms with Crippen molar-refractivity contribution in [1.82, 2.24) is 25.0 Å². The van der Waals surface area contributed by atoms with Crippen LogP contribution in [0.5, 0.6) is 0 Å². The number of carbonyl (C=O) groups is 1. The van der Waals surface area contributed by atoms with E-state index in [2.05, 4.69) is 56.2 Å². The first kappa shape index (κ1) is 18.8. The average molecular weight is 394 g/mol. The van der Waals surface area contributed by atoms with Gasteiger partial charge in [0.2, 0.25) is 5.82 Å². The largest absolute Gasteiger partial charge is 0.347 e. The van der Waals surface area contributed by atoms with Crippen molar-refractivity contribution in [3.05, 3.63) is 47.0 Å². The van der Waals surface area contributed by atoms with Crippen molar-refractivity contribution >= 4 is 5.91 Å². The highest BCUT2D eigenvalue weighted by molar-refractivity contribution is 5.91. The molecule has 29 heavy (non-hydrogen) atoms. The van der Waals surface area contributed by atoms with Gasteiger partial charge in [-0.25, -0.2) is 0 Å². The summed E-state index contributed by atoms with van der Waals surface area (Å²) >= 11 is 0. The Morgan fingerprint density at radius 3 is 2.83 bits per heavy atom. The summed E-state index contributed by atoms with van der Waals surface area (Å²) in [5.41, 5.74) is 2.69. The summed E-state index contributed by atoms with van der Waals surface area (Å²) in [5, 5.41) is 12.0. The zero-order valence-corrected chi connectivity index (χ0v) is 17.3. The Labute approximate surface area is 172 Å². The molecule has 1 saturated heterocycles. The summed E-state index contributed by atoms with van der Waals surface area (Å²) in [4.78, 5) is 15.4. The molecule has 154 valence electrons. The van der Waals surface area contributed by atoms with Crippen molar-refractivity contribution in [2.45, 2.75) is 70.5 Å². The second-order valence-corrected chi connectivity index (χ2v) is 9.18. The van der Waals surface area contributed by atoms with E-state index >= 15 is 0 Å². The number of nitrogens with one attached hydrogen (secondary N) is 1. The monoisotopic (exact) mass is 393 g/mol. The highest BCUT2D eigenvalue weighted by Crippen LogP contribution is 2.38. The van der Waals surface area contributed by atoms with Gasteiger partial charge in [0.1, 0.15) is 5.82 Å². The molecule has 1 N–H and O–H groups in total. The third-order valence-corrected chi connectivity index (χ3v) is 6.98. The van der Waals surface area contributed by atoms with Crippen molar-refractivity contribution in [1.29, 1.82) is 0 Å². The van der Waals surface area contributed by atoms with Gasteiger partial charge in [-0.15, -0.1) is 10.2 Å². The number of aryl methyl sites for hydroxylation is 1. The van der Waals surface area contributed by atoms with Crippen molar-refractivity contribution in [3.63, 3.8) is 0 Å². The Morgan fingerprint density at radius 1 is 1.14 bits per heavy atom. The van der Waals surface area contributed by atoms with Crippen molar-refractivity contribution in [3.8, 4) is 0 Å². The van der Waals surface area contributed by atoms with Gasteiger partial charge in [-0.05, 0) is 37.7 Å². The summed E-state index contributed by atoms with van der Waals surface area (Å²) in [6, 6.07) is 9.08. The molecule has 1 saturated carbocycles. The molecule has 2 atom stereocenters. The maximum Gasteiger partial charge on any atom is 0.289 e. The maximum absolute atomic E-state index is 12.8. The lowest BCUT2D eigenvalue weighted by molar-refractivity contribution is 0.0910. The first-order chi connectivity index (χ1) is 14.2. The molecular weight excluding hydrogens is 362 g/mol. The number of aromatic nitrogens is 3. The summed E-state index contributed by atoms with van der Waals surface area (Å²) < 4.78 is 2.09. The number of carbonyl (C=O) groups excluding carboxylic acids is 1. The molecule has 5 rings (SSSR count). The Bertz CT molecular complexity index is 885. The normalized spacial score (nSPS) is 24.9. The lowest BCUT2D eigenvalue weighted by atomic mass is 9.89. The SMILES string of the molecule is Cc1cccc(CN2C[C@@H]3CCn4c(C(=O)NC5CCCCC5)nnc4[C@@H]3C2)c1. The topological polar surface area (TPSA) is 63.1 Å². The van der Waals surface area contributed by atoms with E-state index in [0.29, 0.717) is 23.7 Å². The standard InChI is InChI=1S/C23H31N5O/c1-16-6-5-7-17(12-16)13-27-14-18-10-11-28-21(20(18)15-27)25-26-22(28)23(29)24-19-8-3-2-4-9-19/h5-7,12,18-20H,2-4,8-11,13-15H2,1H3,(H,24,29)/t18-,20+/m0/s1. The van der Waals surface area contributed by atoms with E-state index in [4.69, 9.17) is 0 Å². The van der Waals surface area contributed by atoms with Crippen LogP contribution in [-0.4, -0.2) is 44.7 Å². The molecule has 1 aliphatic carbocycles. The van der Waals surface area contributed by atoms with Crippen molar-refractivity contribution in [2.75, 3.05) is 13.1 Å². The van der Waals surface area contributed by atoms with Crippen molar-refractivity contribution < 1.29 is 4.79 Å². The fourth-order valence-electron chi connectivity index (χ4n) is 5.51. The maximum atomic E-state index is 12.8. The van der Waals surface area contributed by atoms with Crippen LogP contribution in [0.4, 0.5) is 0 Å². The van der Waals surface area contributed by atoms with Gasteiger partial charge in [-0.2, -0.15) is 0 Å². The van der Waals surface area contributed by atoms with Crippen LogP contribution in [0.25, 0.3) is 0 Å². The highest BCUT2D eigenvalue weighted by atomic mass is 16.2. The summed E-state index contributed by atoms with van der Waals surface area (Å²) in [6.45, 7) is 6.10. The van der Waals surface area contributed by atoms with Crippen molar-refractivity contribution in [2.24, 2.45) is 5.92 Å². The fourth-order valence-corrected chi connectivity index (χ4v) is 5.51. The second-order valence-electron chi connectivity index (χ2n) is 9.18. The van der Waals surface area contributed by atoms with Gasteiger partial charge in [0.15, 0.2) is 0 Å². The number of rotatable bonds is 4. The first-order valence-corrected chi connectivity index (χ1v) is 11.2. The van der Waals surface area contributed by atoms with E-state index in [0.717, 1.165) is 51.3 Å². The summed E-state index contributed by atoms with van der Waals surface area (Å²) in [6.07, 6.45) is 6.99. The minimum atomic E-state index is -0.0382. The van der Waals surface area contributed by atoms with E-state index in [1.807, 2.05) is 0 Å². The average Bonchev–Trinajstić information content (AvgIpc) is 3.32. The molecule has 0 bridgehead atoms. The Kier molecular flexibility index (Phi) is 5.12. The molecular formula is C23H31N5O. The van der Waals surface area contributed by atoms with Gasteiger partial charge in [-0.1, -0.05) is 49.1 Å². The lowest BCUT2D eigenvalue weighted by Gasteiger charge is -2.26. The smallest absolute Gasteiger partial charge is 0.289 e. The van der Waals surface area contributed by atoms with Crippen LogP contribution in [0.3, 0.4) is 0 Å². The Morgan fingerprint density at radius 2 is 2.00 bits per heavy atom. The minimum Gasteiger partial charge on any atom is -0.347 e. The second kappa shape index (κ2) is 7.90. The molecule has 1 aromatic carbocycles. The molecule has 2 aromatic rings. The van der Waals surface area contributed by atoms with Crippen LogP contribution in [0.2, 0.25) is 0 Å². The molecule has 1 amide bonds. The number of likely N-dealkylation sites (tertiary alicyclic amines) is 1. The van der Waals surface area contributed by atoms with E-state index in [-0.39, 0.29) is 5.91 Å².